The summed E-state index contributed by atoms with van der Waals surface area (Å²) in [6.07, 6.45) is 19.2. The Morgan fingerprint density at radius 2 is 1.97 bits per heavy atom. The summed E-state index contributed by atoms with van der Waals surface area (Å²) in [7, 11) is 0. The van der Waals surface area contributed by atoms with Gasteiger partial charge in [0.25, 0.3) is 0 Å². The standard InChI is InChI=1S/C28H46O/c1-6-19(2)8-7-9-20(3)24-12-13-25-23-11-10-21-18-22(29)14-16-27(21,4)26(23)15-17-28(24,25)5/h6,10,20,22-26,29H,7-9,11-18H2,1-5H3/t20-,22+,23+,24-,25+,26+,27+,28-/m1/s1. The van der Waals surface area contributed by atoms with E-state index in [0.717, 1.165) is 42.4 Å². The van der Waals surface area contributed by atoms with Crippen LogP contribution in [-0.4, -0.2) is 11.2 Å². The Labute approximate surface area is 180 Å². The van der Waals surface area contributed by atoms with Crippen LogP contribution in [0, 0.1) is 40.4 Å². The van der Waals surface area contributed by atoms with Crippen molar-refractivity contribution in [3.63, 3.8) is 0 Å². The largest absolute Gasteiger partial charge is 0.393 e. The Kier molecular flexibility index (Phi) is 6.11. The number of hydrogen-bond acceptors (Lipinski definition) is 1. The number of hydrogen-bond donors (Lipinski definition) is 1. The summed E-state index contributed by atoms with van der Waals surface area (Å²) in [6, 6.07) is 0. The molecule has 0 unspecified atom stereocenters. The van der Waals surface area contributed by atoms with E-state index >= 15 is 0 Å². The highest BCUT2D eigenvalue weighted by molar-refractivity contribution is 5.25. The second-order valence-corrected chi connectivity index (χ2v) is 11.9. The summed E-state index contributed by atoms with van der Waals surface area (Å²) >= 11 is 0. The fourth-order valence-corrected chi connectivity index (χ4v) is 8.67. The number of fused-ring (bicyclic) bond motifs is 5. The van der Waals surface area contributed by atoms with Gasteiger partial charge in [-0.2, -0.15) is 0 Å². The smallest absolute Gasteiger partial charge is 0.0577 e. The summed E-state index contributed by atoms with van der Waals surface area (Å²) in [6.45, 7) is 12.3. The first-order chi connectivity index (χ1) is 13.8. The molecule has 8 atom stereocenters. The minimum absolute atomic E-state index is 0.0809. The third-order valence-corrected chi connectivity index (χ3v) is 10.6. The van der Waals surface area contributed by atoms with Crippen LogP contribution in [0.1, 0.15) is 105 Å². The van der Waals surface area contributed by atoms with Crippen LogP contribution in [0.4, 0.5) is 0 Å². The van der Waals surface area contributed by atoms with Gasteiger partial charge in [0, 0.05) is 0 Å². The molecule has 4 rings (SSSR count). The maximum absolute atomic E-state index is 10.2. The molecule has 0 aromatic carbocycles. The average Bonchev–Trinajstić information content (AvgIpc) is 3.05. The maximum atomic E-state index is 10.2. The first-order valence-corrected chi connectivity index (χ1v) is 12.8. The van der Waals surface area contributed by atoms with E-state index in [4.69, 9.17) is 0 Å². The van der Waals surface area contributed by atoms with Crippen molar-refractivity contribution in [2.24, 2.45) is 40.4 Å². The van der Waals surface area contributed by atoms with Crippen LogP contribution in [0.5, 0.6) is 0 Å². The lowest BCUT2D eigenvalue weighted by Crippen LogP contribution is -2.50. The molecule has 0 bridgehead atoms. The zero-order valence-electron chi connectivity index (χ0n) is 19.8. The Morgan fingerprint density at radius 1 is 1.17 bits per heavy atom. The number of allylic oxidation sites excluding steroid dienone is 3. The van der Waals surface area contributed by atoms with E-state index in [9.17, 15) is 5.11 Å². The lowest BCUT2D eigenvalue weighted by molar-refractivity contribution is -0.0572. The minimum Gasteiger partial charge on any atom is -0.393 e. The summed E-state index contributed by atoms with van der Waals surface area (Å²) in [4.78, 5) is 0. The van der Waals surface area contributed by atoms with Gasteiger partial charge in [0.2, 0.25) is 0 Å². The highest BCUT2D eigenvalue weighted by Gasteiger charge is 2.59. The molecule has 0 heterocycles. The second-order valence-electron chi connectivity index (χ2n) is 11.9. The molecule has 29 heavy (non-hydrogen) atoms. The van der Waals surface area contributed by atoms with Crippen molar-refractivity contribution in [1.29, 1.82) is 0 Å². The van der Waals surface area contributed by atoms with Gasteiger partial charge in [-0.15, -0.1) is 0 Å². The van der Waals surface area contributed by atoms with Crippen LogP contribution in [-0.2, 0) is 0 Å². The van der Waals surface area contributed by atoms with E-state index in [2.05, 4.69) is 46.8 Å². The van der Waals surface area contributed by atoms with Crippen LogP contribution in [0.15, 0.2) is 23.3 Å². The van der Waals surface area contributed by atoms with Crippen LogP contribution in [0.25, 0.3) is 0 Å². The first-order valence-electron chi connectivity index (χ1n) is 12.8. The summed E-state index contributed by atoms with van der Waals surface area (Å²) in [5.41, 5.74) is 4.13. The SMILES string of the molecule is CC=C(C)CCC[C@@H](C)[C@H]1CC[C@H]2[C@@H]3CC=C4C[C@@H](O)CC[C@]4(C)[C@H]3CC[C@]12C. The van der Waals surface area contributed by atoms with Crippen LogP contribution < -0.4 is 0 Å². The van der Waals surface area contributed by atoms with Gasteiger partial charge in [-0.3, -0.25) is 0 Å². The van der Waals surface area contributed by atoms with Gasteiger partial charge in [-0.1, -0.05) is 50.5 Å². The third kappa shape index (κ3) is 3.68. The molecule has 0 saturated heterocycles. The van der Waals surface area contributed by atoms with Gasteiger partial charge in [0.05, 0.1) is 6.10 Å². The van der Waals surface area contributed by atoms with Crippen LogP contribution in [0.3, 0.4) is 0 Å². The van der Waals surface area contributed by atoms with Gasteiger partial charge in [-0.25, -0.2) is 0 Å². The highest BCUT2D eigenvalue weighted by atomic mass is 16.3. The molecule has 4 aliphatic rings. The van der Waals surface area contributed by atoms with Crippen LogP contribution >= 0.6 is 0 Å². The minimum atomic E-state index is -0.0809. The number of aliphatic hydroxyl groups is 1. The Balaban J connectivity index is 1.47. The topological polar surface area (TPSA) is 20.2 Å². The predicted octanol–water partition coefficient (Wildman–Crippen LogP) is 7.70. The molecule has 4 aliphatic carbocycles. The van der Waals surface area contributed by atoms with Gasteiger partial charge >= 0.3 is 0 Å². The number of aliphatic hydroxyl groups excluding tert-OH is 1. The summed E-state index contributed by atoms with van der Waals surface area (Å²) in [5, 5.41) is 10.2. The van der Waals surface area contributed by atoms with Gasteiger partial charge in [0.1, 0.15) is 0 Å². The maximum Gasteiger partial charge on any atom is 0.0577 e. The van der Waals surface area contributed by atoms with E-state index in [0.29, 0.717) is 10.8 Å². The zero-order valence-corrected chi connectivity index (χ0v) is 19.8. The lowest BCUT2D eigenvalue weighted by atomic mass is 9.47. The molecular weight excluding hydrogens is 352 g/mol. The van der Waals surface area contributed by atoms with E-state index in [1.54, 1.807) is 11.1 Å². The molecule has 3 saturated carbocycles. The van der Waals surface area contributed by atoms with Crippen molar-refractivity contribution in [2.75, 3.05) is 0 Å². The molecule has 1 nitrogen and oxygen atoms in total. The predicted molar refractivity (Wildman–Crippen MR) is 124 cm³/mol. The number of rotatable bonds is 5. The van der Waals surface area contributed by atoms with Gasteiger partial charge < -0.3 is 5.11 Å². The first kappa shape index (κ1) is 21.7. The van der Waals surface area contributed by atoms with E-state index in [-0.39, 0.29) is 6.10 Å². The van der Waals surface area contributed by atoms with E-state index in [1.807, 2.05) is 0 Å². The van der Waals surface area contributed by atoms with Crippen molar-refractivity contribution < 1.29 is 5.11 Å². The molecule has 0 amide bonds. The molecule has 164 valence electrons. The third-order valence-electron chi connectivity index (χ3n) is 10.6. The Morgan fingerprint density at radius 3 is 2.72 bits per heavy atom. The van der Waals surface area contributed by atoms with Crippen molar-refractivity contribution in [2.45, 2.75) is 111 Å². The van der Waals surface area contributed by atoms with Crippen molar-refractivity contribution >= 4 is 0 Å². The molecule has 0 aliphatic heterocycles. The monoisotopic (exact) mass is 398 g/mol. The van der Waals surface area contributed by atoms with Crippen molar-refractivity contribution in [3.05, 3.63) is 23.3 Å². The van der Waals surface area contributed by atoms with Crippen LogP contribution in [0.2, 0.25) is 0 Å². The fourth-order valence-electron chi connectivity index (χ4n) is 8.67. The molecule has 0 aromatic rings. The molecule has 0 aromatic heterocycles. The molecule has 1 heteroatoms. The molecular formula is C28H46O. The van der Waals surface area contributed by atoms with Crippen molar-refractivity contribution in [1.82, 2.24) is 0 Å². The second kappa shape index (κ2) is 8.18. The molecule has 3 fully saturated rings. The Hall–Kier alpha value is -0.560. The molecule has 0 spiro atoms. The lowest BCUT2D eigenvalue weighted by Gasteiger charge is -2.58. The molecule has 1 N–H and O–H groups in total. The highest BCUT2D eigenvalue weighted by Crippen LogP contribution is 2.67. The molecule has 0 radical (unpaired) electrons. The quantitative estimate of drug-likeness (QED) is 0.470. The summed E-state index contributed by atoms with van der Waals surface area (Å²) < 4.78 is 0. The van der Waals surface area contributed by atoms with Gasteiger partial charge in [0.15, 0.2) is 0 Å². The van der Waals surface area contributed by atoms with Gasteiger partial charge in [-0.05, 0) is 118 Å². The fraction of sp³-hybridized carbons (Fsp3) is 0.857. The normalized spacial score (nSPS) is 45.8. The van der Waals surface area contributed by atoms with E-state index in [1.165, 1.54) is 57.8 Å². The average molecular weight is 399 g/mol. The van der Waals surface area contributed by atoms with Crippen molar-refractivity contribution in [3.8, 4) is 0 Å². The zero-order chi connectivity index (χ0) is 20.8. The Bertz CT molecular complexity index is 659. The van der Waals surface area contributed by atoms with E-state index < -0.39 is 0 Å². The summed E-state index contributed by atoms with van der Waals surface area (Å²) in [5.74, 6) is 4.53.